The summed E-state index contributed by atoms with van der Waals surface area (Å²) in [5.74, 6) is 0.461. The number of aromatic nitrogens is 2. The van der Waals surface area contributed by atoms with Gasteiger partial charge in [0.05, 0.1) is 11.4 Å². The summed E-state index contributed by atoms with van der Waals surface area (Å²) in [5.41, 5.74) is 2.57. The van der Waals surface area contributed by atoms with Crippen molar-refractivity contribution in [1.29, 1.82) is 0 Å². The average Bonchev–Trinajstić information content (AvgIpc) is 3.40. The largest absolute Gasteiger partial charge is 0.342 e. The van der Waals surface area contributed by atoms with Crippen molar-refractivity contribution in [2.24, 2.45) is 0 Å². The van der Waals surface area contributed by atoms with Gasteiger partial charge in [-0.3, -0.25) is 14.6 Å². The van der Waals surface area contributed by atoms with Gasteiger partial charge in [-0.1, -0.05) is 18.2 Å². The summed E-state index contributed by atoms with van der Waals surface area (Å²) in [4.78, 5) is 39.9. The Morgan fingerprint density at radius 3 is 2.57 bits per heavy atom. The van der Waals surface area contributed by atoms with Gasteiger partial charge in [0.2, 0.25) is 5.91 Å². The number of thiazole rings is 1. The second kappa shape index (κ2) is 12.3. The van der Waals surface area contributed by atoms with E-state index < -0.39 is 0 Å². The summed E-state index contributed by atoms with van der Waals surface area (Å²) in [6, 6.07) is 14.1. The Morgan fingerprint density at radius 1 is 1.14 bits per heavy atom. The number of carbonyl (C=O) groups excluding carboxylic acids is 2. The lowest BCUT2D eigenvalue weighted by atomic mass is 9.97. The maximum absolute atomic E-state index is 13.0. The van der Waals surface area contributed by atoms with Crippen LogP contribution >= 0.6 is 23.1 Å². The molecule has 0 atom stereocenters. The zero-order chi connectivity index (χ0) is 24.6. The summed E-state index contributed by atoms with van der Waals surface area (Å²) < 4.78 is 0. The molecular formula is C27H32N4O2S2. The zero-order valence-electron chi connectivity index (χ0n) is 20.4. The summed E-state index contributed by atoms with van der Waals surface area (Å²) >= 11 is 3.27. The Bertz CT molecular complexity index is 1110. The third-order valence-corrected chi connectivity index (χ3v) is 8.24. The molecule has 0 N–H and O–H groups in total. The molecule has 0 bridgehead atoms. The molecule has 1 saturated heterocycles. The van der Waals surface area contributed by atoms with Crippen molar-refractivity contribution in [3.63, 3.8) is 0 Å². The number of amides is 2. The molecule has 0 aliphatic carbocycles. The number of carbonyl (C=O) groups is 2. The lowest BCUT2D eigenvalue weighted by molar-refractivity contribution is -0.131. The van der Waals surface area contributed by atoms with E-state index in [0.29, 0.717) is 31.1 Å². The van der Waals surface area contributed by atoms with Crippen molar-refractivity contribution in [1.82, 2.24) is 19.8 Å². The van der Waals surface area contributed by atoms with Gasteiger partial charge in [-0.2, -0.15) is 0 Å². The Hall–Kier alpha value is -2.71. The number of likely N-dealkylation sites (tertiary alicyclic amines) is 1. The number of hydrogen-bond acceptors (Lipinski definition) is 6. The van der Waals surface area contributed by atoms with Crippen LogP contribution in [0, 0.1) is 0 Å². The highest BCUT2D eigenvalue weighted by atomic mass is 32.2. The molecule has 0 unspecified atom stereocenters. The topological polar surface area (TPSA) is 66.4 Å². The SMILES string of the molecule is CCN(CCc1ccccn1)C(=O)c1csc(C2CCN(C(=O)Cc3ccc(SC)cc3)CC2)n1. The van der Waals surface area contributed by atoms with Crippen molar-refractivity contribution in [2.75, 3.05) is 32.4 Å². The molecule has 1 aromatic carbocycles. The minimum absolute atomic E-state index is 0.0222. The van der Waals surface area contributed by atoms with Gasteiger partial charge in [0.25, 0.3) is 5.91 Å². The predicted octanol–water partition coefficient (Wildman–Crippen LogP) is 4.91. The van der Waals surface area contributed by atoms with Crippen LogP contribution in [0.15, 0.2) is 58.9 Å². The fraction of sp³-hybridized carbons (Fsp3) is 0.407. The third kappa shape index (κ3) is 6.70. The van der Waals surface area contributed by atoms with E-state index >= 15 is 0 Å². The lowest BCUT2D eigenvalue weighted by Crippen LogP contribution is -2.38. The van der Waals surface area contributed by atoms with E-state index in [9.17, 15) is 9.59 Å². The van der Waals surface area contributed by atoms with Gasteiger partial charge in [-0.05, 0) is 55.9 Å². The molecule has 1 aliphatic rings. The van der Waals surface area contributed by atoms with Crippen LogP contribution in [-0.2, 0) is 17.6 Å². The second-order valence-electron chi connectivity index (χ2n) is 8.71. The number of hydrogen-bond donors (Lipinski definition) is 0. The van der Waals surface area contributed by atoms with Crippen LogP contribution in [0.3, 0.4) is 0 Å². The van der Waals surface area contributed by atoms with Gasteiger partial charge >= 0.3 is 0 Å². The number of piperidine rings is 1. The number of rotatable bonds is 9. The van der Waals surface area contributed by atoms with Crippen LogP contribution in [0.4, 0.5) is 0 Å². The van der Waals surface area contributed by atoms with Crippen LogP contribution in [0.5, 0.6) is 0 Å². The van der Waals surface area contributed by atoms with E-state index in [-0.39, 0.29) is 11.8 Å². The highest BCUT2D eigenvalue weighted by Gasteiger charge is 2.27. The average molecular weight is 509 g/mol. The quantitative estimate of drug-likeness (QED) is 0.384. The van der Waals surface area contributed by atoms with Gasteiger partial charge in [-0.15, -0.1) is 23.1 Å². The molecule has 2 aromatic heterocycles. The van der Waals surface area contributed by atoms with Gasteiger partial charge in [0.15, 0.2) is 0 Å². The maximum Gasteiger partial charge on any atom is 0.273 e. The molecule has 1 aliphatic heterocycles. The minimum atomic E-state index is -0.0222. The first-order valence-corrected chi connectivity index (χ1v) is 14.2. The Kier molecular flexibility index (Phi) is 8.93. The first-order chi connectivity index (χ1) is 17.1. The van der Waals surface area contributed by atoms with Crippen molar-refractivity contribution in [2.45, 2.75) is 43.4 Å². The standard InChI is InChI=1S/C27H32N4O2S2/c1-3-30(17-13-22-6-4-5-14-28-22)27(33)24-19-35-26(29-24)21-11-15-31(16-12-21)25(32)18-20-7-9-23(34-2)10-8-20/h4-10,14,19,21H,3,11-13,15-18H2,1-2H3. The Balaban J connectivity index is 1.28. The number of benzene rings is 1. The van der Waals surface area contributed by atoms with E-state index in [1.165, 1.54) is 4.90 Å². The van der Waals surface area contributed by atoms with E-state index in [1.807, 2.05) is 52.4 Å². The molecule has 4 rings (SSSR count). The number of pyridine rings is 1. The van der Waals surface area contributed by atoms with Gasteiger partial charge < -0.3 is 9.80 Å². The maximum atomic E-state index is 13.0. The van der Waals surface area contributed by atoms with Crippen LogP contribution in [-0.4, -0.2) is 64.0 Å². The van der Waals surface area contributed by atoms with Crippen LogP contribution in [0.1, 0.15) is 52.4 Å². The number of likely N-dealkylation sites (N-methyl/N-ethyl adjacent to an activating group) is 1. The van der Waals surface area contributed by atoms with Crippen LogP contribution in [0.25, 0.3) is 0 Å². The fourth-order valence-corrected chi connectivity index (χ4v) is 5.71. The molecule has 0 saturated carbocycles. The van der Waals surface area contributed by atoms with E-state index in [2.05, 4.69) is 23.4 Å². The number of thioether (sulfide) groups is 1. The third-order valence-electron chi connectivity index (χ3n) is 6.49. The summed E-state index contributed by atoms with van der Waals surface area (Å²) in [6.45, 7) is 4.73. The fourth-order valence-electron chi connectivity index (χ4n) is 4.34. The van der Waals surface area contributed by atoms with Gasteiger partial charge in [-0.25, -0.2) is 4.98 Å². The molecule has 184 valence electrons. The van der Waals surface area contributed by atoms with Crippen molar-refractivity contribution >= 4 is 34.9 Å². The first-order valence-electron chi connectivity index (χ1n) is 12.1. The van der Waals surface area contributed by atoms with E-state index in [4.69, 9.17) is 4.98 Å². The van der Waals surface area contributed by atoms with E-state index in [1.54, 1.807) is 29.3 Å². The molecule has 35 heavy (non-hydrogen) atoms. The Labute approximate surface area is 215 Å². The molecule has 6 nitrogen and oxygen atoms in total. The molecule has 0 radical (unpaired) electrons. The van der Waals surface area contributed by atoms with Gasteiger partial charge in [0.1, 0.15) is 5.69 Å². The van der Waals surface area contributed by atoms with Crippen LogP contribution in [0.2, 0.25) is 0 Å². The number of nitrogens with zero attached hydrogens (tertiary/aromatic N) is 4. The minimum Gasteiger partial charge on any atom is -0.342 e. The molecule has 3 heterocycles. The molecule has 1 fully saturated rings. The molecule has 2 amide bonds. The predicted molar refractivity (Wildman–Crippen MR) is 142 cm³/mol. The summed E-state index contributed by atoms with van der Waals surface area (Å²) in [5, 5.41) is 2.89. The Morgan fingerprint density at radius 2 is 1.91 bits per heavy atom. The second-order valence-corrected chi connectivity index (χ2v) is 10.5. The lowest BCUT2D eigenvalue weighted by Gasteiger charge is -2.31. The molecule has 8 heteroatoms. The van der Waals surface area contributed by atoms with Crippen molar-refractivity contribution in [3.05, 3.63) is 76.0 Å². The monoisotopic (exact) mass is 508 g/mol. The normalized spacial score (nSPS) is 14.2. The van der Waals surface area contributed by atoms with Crippen molar-refractivity contribution in [3.8, 4) is 0 Å². The van der Waals surface area contributed by atoms with Crippen LogP contribution < -0.4 is 0 Å². The highest BCUT2D eigenvalue weighted by molar-refractivity contribution is 7.98. The zero-order valence-corrected chi connectivity index (χ0v) is 22.0. The molecule has 3 aromatic rings. The first kappa shape index (κ1) is 25.4. The summed E-state index contributed by atoms with van der Waals surface area (Å²) in [7, 11) is 0. The molecular weight excluding hydrogens is 476 g/mol. The smallest absolute Gasteiger partial charge is 0.273 e. The summed E-state index contributed by atoms with van der Waals surface area (Å²) in [6.07, 6.45) is 6.77. The van der Waals surface area contributed by atoms with Crippen molar-refractivity contribution < 1.29 is 9.59 Å². The molecule has 0 spiro atoms. The van der Waals surface area contributed by atoms with Gasteiger partial charge in [0, 0.05) is 60.7 Å². The van der Waals surface area contributed by atoms with E-state index in [0.717, 1.165) is 48.6 Å². The highest BCUT2D eigenvalue weighted by Crippen LogP contribution is 2.31.